The van der Waals surface area contributed by atoms with Gasteiger partial charge in [-0.2, -0.15) is 4.39 Å². The molecule has 3 aromatic rings. The quantitative estimate of drug-likeness (QED) is 0.578. The lowest BCUT2D eigenvalue weighted by molar-refractivity contribution is -0.130. The monoisotopic (exact) mass is 387 g/mol. The van der Waals surface area contributed by atoms with Crippen LogP contribution in [-0.4, -0.2) is 54.6 Å². The Balaban J connectivity index is 1.44. The van der Waals surface area contributed by atoms with Crippen molar-refractivity contribution in [1.29, 1.82) is 0 Å². The molecule has 146 valence electrons. The third kappa shape index (κ3) is 3.33. The Morgan fingerprint density at radius 1 is 1.25 bits per heavy atom. The molecule has 1 aromatic carbocycles. The van der Waals surface area contributed by atoms with Crippen molar-refractivity contribution in [3.63, 3.8) is 0 Å². The Bertz CT molecular complexity index is 1120. The molecule has 0 aliphatic carbocycles. The first-order chi connectivity index (χ1) is 13.4. The van der Waals surface area contributed by atoms with Gasteiger partial charge >= 0.3 is 5.69 Å². The maximum atomic E-state index is 13.5. The van der Waals surface area contributed by atoms with E-state index in [9.17, 15) is 23.9 Å². The molecule has 2 aromatic heterocycles. The number of benzene rings is 1. The molecule has 0 saturated carbocycles. The number of H-pyrrole nitrogens is 2. The topological polar surface area (TPSA) is 124 Å². The number of aromatic amines is 2. The third-order valence-electron chi connectivity index (χ3n) is 4.91. The van der Waals surface area contributed by atoms with Crippen LogP contribution in [-0.2, 0) is 11.2 Å². The largest absolute Gasteiger partial charge is 0.389 e. The van der Waals surface area contributed by atoms with E-state index < -0.39 is 29.2 Å². The van der Waals surface area contributed by atoms with Gasteiger partial charge < -0.3 is 15.0 Å². The molecular formula is C18H18FN5O4. The normalized spacial score (nSPS) is 19.4. The first-order valence-corrected chi connectivity index (χ1v) is 8.83. The number of aliphatic hydroxyl groups is 1. The molecule has 2 atom stereocenters. The van der Waals surface area contributed by atoms with E-state index in [2.05, 4.69) is 9.97 Å². The number of nitrogens with zero attached hydrogens (tertiary/aromatic N) is 3. The summed E-state index contributed by atoms with van der Waals surface area (Å²) >= 11 is 0. The van der Waals surface area contributed by atoms with Crippen molar-refractivity contribution in [2.24, 2.45) is 0 Å². The van der Waals surface area contributed by atoms with Gasteiger partial charge in [-0.15, -0.1) is 0 Å². The van der Waals surface area contributed by atoms with Crippen LogP contribution < -0.4 is 11.2 Å². The maximum Gasteiger partial charge on any atom is 0.328 e. The summed E-state index contributed by atoms with van der Waals surface area (Å²) in [4.78, 5) is 46.4. The molecule has 0 unspecified atom stereocenters. The minimum absolute atomic E-state index is 0.0246. The van der Waals surface area contributed by atoms with Crippen LogP contribution in [0.3, 0.4) is 0 Å². The van der Waals surface area contributed by atoms with Gasteiger partial charge in [0, 0.05) is 25.9 Å². The van der Waals surface area contributed by atoms with E-state index >= 15 is 0 Å². The fourth-order valence-corrected chi connectivity index (χ4v) is 3.46. The standard InChI is InChI=1S/C18H18FN5O4/c19-10-7-24(18(28)22-17(10)27)13-8-23(9-14(13)25)16(26)6-5-15-20-11-3-1-2-4-12(11)21-15/h1-4,7,13-14,25H,5-6,8-9H2,(H,20,21)(H,22,27,28)/t13-,14-/m1/s1. The minimum atomic E-state index is -1.12. The number of aromatic nitrogens is 4. The second-order valence-electron chi connectivity index (χ2n) is 6.78. The summed E-state index contributed by atoms with van der Waals surface area (Å²) in [5.74, 6) is -0.647. The molecule has 1 amide bonds. The van der Waals surface area contributed by atoms with Crippen molar-refractivity contribution in [2.75, 3.05) is 13.1 Å². The SMILES string of the molecule is O=C(CCc1nc2ccccc2[nH]1)N1C[C@@H](O)[C@H](n2cc(F)c(=O)[nH]c2=O)C1. The Morgan fingerprint density at radius 2 is 2.04 bits per heavy atom. The molecule has 1 aliphatic heterocycles. The summed E-state index contributed by atoms with van der Waals surface area (Å²) in [7, 11) is 0. The van der Waals surface area contributed by atoms with Crippen molar-refractivity contribution in [1.82, 2.24) is 24.4 Å². The number of fused-ring (bicyclic) bond motifs is 1. The first-order valence-electron chi connectivity index (χ1n) is 8.83. The molecule has 3 heterocycles. The summed E-state index contributed by atoms with van der Waals surface area (Å²) in [6.45, 7) is 0.0718. The molecule has 0 bridgehead atoms. The summed E-state index contributed by atoms with van der Waals surface area (Å²) in [6, 6.07) is 6.72. The number of β-amino-alcohol motifs (C(OH)–C–C–N with tert-alkyl or cyclic N) is 1. The van der Waals surface area contributed by atoms with Gasteiger partial charge in [0.25, 0.3) is 5.56 Å². The molecule has 1 aliphatic rings. The van der Waals surface area contributed by atoms with Gasteiger partial charge in [0.05, 0.1) is 29.4 Å². The van der Waals surface area contributed by atoms with E-state index in [4.69, 9.17) is 0 Å². The maximum absolute atomic E-state index is 13.5. The smallest absolute Gasteiger partial charge is 0.328 e. The van der Waals surface area contributed by atoms with Crippen LogP contribution in [0.1, 0.15) is 18.3 Å². The summed E-state index contributed by atoms with van der Waals surface area (Å²) in [5, 5.41) is 10.2. The van der Waals surface area contributed by atoms with Gasteiger partial charge in [-0.05, 0) is 12.1 Å². The predicted octanol–water partition coefficient (Wildman–Crippen LogP) is -0.0710. The lowest BCUT2D eigenvalue weighted by atomic mass is 10.2. The molecule has 1 fully saturated rings. The number of nitrogens with one attached hydrogen (secondary N) is 2. The fourth-order valence-electron chi connectivity index (χ4n) is 3.46. The van der Waals surface area contributed by atoms with Gasteiger partial charge in [-0.3, -0.25) is 19.1 Å². The first kappa shape index (κ1) is 18.1. The van der Waals surface area contributed by atoms with Gasteiger partial charge in [-0.25, -0.2) is 9.78 Å². The van der Waals surface area contributed by atoms with E-state index in [1.165, 1.54) is 4.90 Å². The van der Waals surface area contributed by atoms with E-state index in [-0.39, 0.29) is 25.4 Å². The molecule has 3 N–H and O–H groups in total. The Morgan fingerprint density at radius 3 is 2.82 bits per heavy atom. The zero-order valence-electron chi connectivity index (χ0n) is 14.8. The number of para-hydroxylation sites is 2. The number of rotatable bonds is 4. The number of aryl methyl sites for hydroxylation is 1. The van der Waals surface area contributed by atoms with E-state index in [0.717, 1.165) is 21.8 Å². The molecule has 10 heteroatoms. The van der Waals surface area contributed by atoms with Crippen molar-refractivity contribution < 1.29 is 14.3 Å². The number of halogens is 1. The van der Waals surface area contributed by atoms with Crippen LogP contribution in [0.15, 0.2) is 40.1 Å². The van der Waals surface area contributed by atoms with Gasteiger partial charge in [-0.1, -0.05) is 12.1 Å². The zero-order valence-corrected chi connectivity index (χ0v) is 14.8. The number of likely N-dealkylation sites (tertiary alicyclic amines) is 1. The van der Waals surface area contributed by atoms with Gasteiger partial charge in [0.1, 0.15) is 5.82 Å². The second kappa shape index (κ2) is 7.04. The van der Waals surface area contributed by atoms with E-state index in [1.807, 2.05) is 29.2 Å². The average Bonchev–Trinajstić information content (AvgIpc) is 3.26. The zero-order chi connectivity index (χ0) is 19.8. The number of hydrogen-bond acceptors (Lipinski definition) is 5. The molecule has 1 saturated heterocycles. The van der Waals surface area contributed by atoms with Gasteiger partial charge in [0.2, 0.25) is 11.7 Å². The predicted molar refractivity (Wildman–Crippen MR) is 97.3 cm³/mol. The number of carbonyl (C=O) groups is 1. The number of amides is 1. The summed E-state index contributed by atoms with van der Waals surface area (Å²) in [5.41, 5.74) is -0.235. The van der Waals surface area contributed by atoms with Crippen molar-refractivity contribution in [3.05, 3.63) is 62.9 Å². The van der Waals surface area contributed by atoms with Crippen LogP contribution in [0.5, 0.6) is 0 Å². The van der Waals surface area contributed by atoms with Crippen LogP contribution in [0.2, 0.25) is 0 Å². The molecule has 28 heavy (non-hydrogen) atoms. The van der Waals surface area contributed by atoms with E-state index in [1.54, 1.807) is 0 Å². The molecule has 9 nitrogen and oxygen atoms in total. The van der Waals surface area contributed by atoms with Crippen molar-refractivity contribution in [2.45, 2.75) is 25.0 Å². The fraction of sp³-hybridized carbons (Fsp3) is 0.333. The van der Waals surface area contributed by atoms with Crippen LogP contribution in [0.25, 0.3) is 11.0 Å². The van der Waals surface area contributed by atoms with Crippen molar-refractivity contribution in [3.8, 4) is 0 Å². The van der Waals surface area contributed by atoms with Gasteiger partial charge in [0.15, 0.2) is 0 Å². The molecular weight excluding hydrogens is 369 g/mol. The number of hydrogen-bond donors (Lipinski definition) is 3. The van der Waals surface area contributed by atoms with Crippen LogP contribution in [0, 0.1) is 5.82 Å². The second-order valence-corrected chi connectivity index (χ2v) is 6.78. The third-order valence-corrected chi connectivity index (χ3v) is 4.91. The highest BCUT2D eigenvalue weighted by molar-refractivity contribution is 5.77. The molecule has 0 spiro atoms. The highest BCUT2D eigenvalue weighted by atomic mass is 19.1. The van der Waals surface area contributed by atoms with Crippen molar-refractivity contribution >= 4 is 16.9 Å². The molecule has 4 rings (SSSR count). The minimum Gasteiger partial charge on any atom is -0.389 e. The number of aliphatic hydroxyl groups excluding tert-OH is 1. The lowest BCUT2D eigenvalue weighted by Crippen LogP contribution is -2.37. The van der Waals surface area contributed by atoms with Crippen LogP contribution >= 0.6 is 0 Å². The Kier molecular flexibility index (Phi) is 4.55. The summed E-state index contributed by atoms with van der Waals surface area (Å²) < 4.78 is 14.4. The number of carbonyl (C=O) groups excluding carboxylic acids is 1. The Hall–Kier alpha value is -3.27. The molecule has 0 radical (unpaired) electrons. The van der Waals surface area contributed by atoms with E-state index in [0.29, 0.717) is 12.2 Å². The van der Waals surface area contributed by atoms with Crippen LogP contribution in [0.4, 0.5) is 4.39 Å². The highest BCUT2D eigenvalue weighted by Gasteiger charge is 2.35. The summed E-state index contributed by atoms with van der Waals surface area (Å²) in [6.07, 6.45) is 0.294. The Labute approximate surface area is 157 Å². The number of imidazole rings is 1. The average molecular weight is 387 g/mol. The lowest BCUT2D eigenvalue weighted by Gasteiger charge is -2.17. The highest BCUT2D eigenvalue weighted by Crippen LogP contribution is 2.22.